The Labute approximate surface area is 109 Å². The molecular weight excluding hydrogens is 226 g/mol. The Kier molecular flexibility index (Phi) is 5.69. The number of hydrogen-bond acceptors (Lipinski definition) is 2. The monoisotopic (exact) mass is 249 g/mol. The van der Waals surface area contributed by atoms with Crippen LogP contribution in [0.25, 0.3) is 0 Å². The molecule has 0 saturated heterocycles. The van der Waals surface area contributed by atoms with Crippen molar-refractivity contribution in [2.75, 3.05) is 6.54 Å². The van der Waals surface area contributed by atoms with E-state index in [0.717, 1.165) is 34.3 Å². The van der Waals surface area contributed by atoms with Gasteiger partial charge in [0.05, 0.1) is 0 Å². The van der Waals surface area contributed by atoms with Crippen LogP contribution in [0.15, 0.2) is 12.1 Å². The van der Waals surface area contributed by atoms with Crippen LogP contribution in [-0.2, 0) is 0 Å². The van der Waals surface area contributed by atoms with E-state index in [9.17, 15) is 10.3 Å². The molecule has 0 amide bonds. The van der Waals surface area contributed by atoms with Gasteiger partial charge in [0.2, 0.25) is 0 Å². The van der Waals surface area contributed by atoms with Gasteiger partial charge in [0.15, 0.2) is 12.8 Å². The van der Waals surface area contributed by atoms with Gasteiger partial charge in [0.25, 0.3) is 0 Å². The maximum absolute atomic E-state index is 11.7. The van der Waals surface area contributed by atoms with Crippen LogP contribution in [0.5, 0.6) is 5.75 Å². The lowest BCUT2D eigenvalue weighted by Crippen LogP contribution is -2.08. The van der Waals surface area contributed by atoms with Crippen molar-refractivity contribution in [1.29, 1.82) is 0 Å². The van der Waals surface area contributed by atoms with Crippen molar-refractivity contribution < 1.29 is 9.85 Å². The fourth-order valence-corrected chi connectivity index (χ4v) is 1.99. The zero-order valence-electron chi connectivity index (χ0n) is 11.6. The number of benzene rings is 1. The van der Waals surface area contributed by atoms with Crippen molar-refractivity contribution in [2.45, 2.75) is 46.5 Å². The first-order valence-corrected chi connectivity index (χ1v) is 6.63. The molecule has 1 N–H and O–H groups in total. The molecule has 18 heavy (non-hydrogen) atoms. The normalized spacial score (nSPS) is 11.8. The van der Waals surface area contributed by atoms with Crippen molar-refractivity contribution in [3.8, 4) is 5.75 Å². The molecule has 3 nitrogen and oxygen atoms in total. The van der Waals surface area contributed by atoms with Gasteiger partial charge in [-0.05, 0) is 43.5 Å². The van der Waals surface area contributed by atoms with Crippen LogP contribution in [0, 0.1) is 19.1 Å². The van der Waals surface area contributed by atoms with E-state index < -0.39 is 0 Å². The summed E-state index contributed by atoms with van der Waals surface area (Å²) < 4.78 is 0.987. The van der Waals surface area contributed by atoms with E-state index in [4.69, 9.17) is 0 Å². The molecule has 0 radical (unpaired) electrons. The predicted molar refractivity (Wildman–Crippen MR) is 75.4 cm³/mol. The van der Waals surface area contributed by atoms with Crippen molar-refractivity contribution >= 4 is 6.21 Å². The molecule has 0 atom stereocenters. The van der Waals surface area contributed by atoms with Gasteiger partial charge in [-0.3, -0.25) is 0 Å². The van der Waals surface area contributed by atoms with Gasteiger partial charge in [0, 0.05) is 12.0 Å². The molecule has 0 unspecified atom stereocenters. The molecule has 0 aliphatic heterocycles. The minimum Gasteiger partial charge on any atom is -0.624 e. The summed E-state index contributed by atoms with van der Waals surface area (Å²) in [6.45, 7) is 6.38. The molecule has 0 aliphatic carbocycles. The number of hydroxylamine groups is 1. The molecule has 0 saturated carbocycles. The second-order valence-electron chi connectivity index (χ2n) is 4.83. The SMILES string of the molecule is CCCCCC[N+]([O-])=Cc1cc(C)c(O)c(C)c1. The average molecular weight is 249 g/mol. The van der Waals surface area contributed by atoms with Crippen molar-refractivity contribution in [1.82, 2.24) is 0 Å². The Morgan fingerprint density at radius 1 is 1.17 bits per heavy atom. The van der Waals surface area contributed by atoms with E-state index in [1.165, 1.54) is 12.8 Å². The molecule has 100 valence electrons. The number of rotatable bonds is 6. The quantitative estimate of drug-likeness (QED) is 0.276. The molecule has 0 heterocycles. The maximum Gasteiger partial charge on any atom is 0.181 e. The maximum atomic E-state index is 11.7. The Morgan fingerprint density at radius 2 is 1.78 bits per heavy atom. The first kappa shape index (κ1) is 14.6. The molecule has 0 aliphatic rings. The van der Waals surface area contributed by atoms with Crippen molar-refractivity contribution in [2.24, 2.45) is 0 Å². The summed E-state index contributed by atoms with van der Waals surface area (Å²) >= 11 is 0. The number of unbranched alkanes of at least 4 members (excludes halogenated alkanes) is 3. The molecule has 3 heteroatoms. The topological polar surface area (TPSA) is 46.3 Å². The second-order valence-corrected chi connectivity index (χ2v) is 4.83. The molecule has 0 spiro atoms. The van der Waals surface area contributed by atoms with Gasteiger partial charge in [-0.2, -0.15) is 0 Å². The lowest BCUT2D eigenvalue weighted by Gasteiger charge is -2.06. The molecule has 0 aromatic heterocycles. The Bertz CT molecular complexity index is 401. The zero-order valence-corrected chi connectivity index (χ0v) is 11.6. The molecule has 1 rings (SSSR count). The number of aryl methyl sites for hydroxylation is 2. The Hall–Kier alpha value is -1.51. The summed E-state index contributed by atoms with van der Waals surface area (Å²) in [5.41, 5.74) is 2.47. The molecule has 0 bridgehead atoms. The lowest BCUT2D eigenvalue weighted by molar-refractivity contribution is -0.453. The summed E-state index contributed by atoms with van der Waals surface area (Å²) in [6.07, 6.45) is 6.01. The van der Waals surface area contributed by atoms with E-state index in [2.05, 4.69) is 6.92 Å². The Balaban J connectivity index is 2.65. The third-order valence-electron chi connectivity index (χ3n) is 3.04. The van der Waals surface area contributed by atoms with Crippen LogP contribution in [-0.4, -0.2) is 22.6 Å². The van der Waals surface area contributed by atoms with Crippen LogP contribution in [0.1, 0.15) is 49.3 Å². The largest absolute Gasteiger partial charge is 0.624 e. The number of nitrogens with zero attached hydrogens (tertiary/aromatic N) is 1. The minimum atomic E-state index is 0.313. The highest BCUT2D eigenvalue weighted by Crippen LogP contribution is 2.21. The summed E-state index contributed by atoms with van der Waals surface area (Å²) in [7, 11) is 0. The van der Waals surface area contributed by atoms with Gasteiger partial charge in [-0.25, -0.2) is 4.74 Å². The zero-order chi connectivity index (χ0) is 13.5. The predicted octanol–water partition coefficient (Wildman–Crippen LogP) is 3.52. The van der Waals surface area contributed by atoms with Gasteiger partial charge < -0.3 is 10.3 Å². The van der Waals surface area contributed by atoms with Gasteiger partial charge in [-0.1, -0.05) is 19.8 Å². The fourth-order valence-electron chi connectivity index (χ4n) is 1.99. The Morgan fingerprint density at radius 3 is 2.33 bits per heavy atom. The highest BCUT2D eigenvalue weighted by molar-refractivity contribution is 5.77. The van der Waals surface area contributed by atoms with E-state index in [0.29, 0.717) is 12.3 Å². The fraction of sp³-hybridized carbons (Fsp3) is 0.533. The minimum absolute atomic E-state index is 0.313. The summed E-state index contributed by atoms with van der Waals surface area (Å²) in [6, 6.07) is 3.67. The summed E-state index contributed by atoms with van der Waals surface area (Å²) in [5, 5.41) is 21.3. The summed E-state index contributed by atoms with van der Waals surface area (Å²) in [4.78, 5) is 0. The van der Waals surface area contributed by atoms with Crippen LogP contribution >= 0.6 is 0 Å². The number of hydrogen-bond donors (Lipinski definition) is 1. The number of phenols is 1. The highest BCUT2D eigenvalue weighted by Gasteiger charge is 2.04. The van der Waals surface area contributed by atoms with Gasteiger partial charge >= 0.3 is 0 Å². The molecule has 1 aromatic rings. The lowest BCUT2D eigenvalue weighted by atomic mass is 10.1. The third kappa shape index (κ3) is 4.40. The van der Waals surface area contributed by atoms with E-state index >= 15 is 0 Å². The first-order valence-electron chi connectivity index (χ1n) is 6.63. The number of phenolic OH excluding ortho intramolecular Hbond substituents is 1. The van der Waals surface area contributed by atoms with E-state index in [1.807, 2.05) is 26.0 Å². The first-order chi connectivity index (χ1) is 8.54. The van der Waals surface area contributed by atoms with Gasteiger partial charge in [-0.15, -0.1) is 0 Å². The number of aromatic hydroxyl groups is 1. The van der Waals surface area contributed by atoms with Gasteiger partial charge in [0.1, 0.15) is 5.75 Å². The molecule has 0 fully saturated rings. The van der Waals surface area contributed by atoms with Crippen LogP contribution < -0.4 is 0 Å². The summed E-state index contributed by atoms with van der Waals surface area (Å²) in [5.74, 6) is 0.313. The highest BCUT2D eigenvalue weighted by atomic mass is 16.5. The van der Waals surface area contributed by atoms with E-state index in [-0.39, 0.29) is 0 Å². The molecule has 1 aromatic carbocycles. The third-order valence-corrected chi connectivity index (χ3v) is 3.04. The van der Waals surface area contributed by atoms with E-state index in [1.54, 1.807) is 6.21 Å². The smallest absolute Gasteiger partial charge is 0.181 e. The van der Waals surface area contributed by atoms with Crippen LogP contribution in [0.4, 0.5) is 0 Å². The standard InChI is InChI=1S/C15H23NO2/c1-4-5-6-7-8-16(18)11-14-9-12(2)15(17)13(3)10-14/h9-11,17H,4-8H2,1-3H3. The van der Waals surface area contributed by atoms with Crippen molar-refractivity contribution in [3.05, 3.63) is 34.0 Å². The van der Waals surface area contributed by atoms with Crippen LogP contribution in [0.3, 0.4) is 0 Å². The molecular formula is C15H23NO2. The average Bonchev–Trinajstić information content (AvgIpc) is 2.31. The van der Waals surface area contributed by atoms with Crippen molar-refractivity contribution in [3.63, 3.8) is 0 Å². The second kappa shape index (κ2) is 7.04. The van der Waals surface area contributed by atoms with Crippen LogP contribution in [0.2, 0.25) is 0 Å².